The lowest BCUT2D eigenvalue weighted by Gasteiger charge is -2.25. The van der Waals surface area contributed by atoms with Crippen LogP contribution in [0.4, 0.5) is 5.69 Å². The third-order valence-corrected chi connectivity index (χ3v) is 4.71. The highest BCUT2D eigenvalue weighted by atomic mass is 79.9. The number of alkyl halides is 1. The number of amides is 1. The van der Waals surface area contributed by atoms with Crippen molar-refractivity contribution in [2.45, 2.75) is 46.4 Å². The van der Waals surface area contributed by atoms with E-state index in [1.165, 1.54) is 5.56 Å². The van der Waals surface area contributed by atoms with Crippen LogP contribution in [0, 0.1) is 26.2 Å². The molecule has 3 heteroatoms. The molecular formula is C15H22BrNO. The maximum atomic E-state index is 12.2. The number of aryl methyl sites for hydroxylation is 3. The van der Waals surface area contributed by atoms with Gasteiger partial charge in [0.05, 0.1) is 4.83 Å². The van der Waals surface area contributed by atoms with Gasteiger partial charge in [-0.15, -0.1) is 0 Å². The fraction of sp³-hybridized carbons (Fsp3) is 0.533. The Bertz CT molecular complexity index is 437. The van der Waals surface area contributed by atoms with Gasteiger partial charge < -0.3 is 5.32 Å². The maximum absolute atomic E-state index is 12.2. The minimum atomic E-state index is -0.204. The molecule has 18 heavy (non-hydrogen) atoms. The molecule has 100 valence electrons. The van der Waals surface area contributed by atoms with Crippen LogP contribution in [0.5, 0.6) is 0 Å². The van der Waals surface area contributed by atoms with Crippen molar-refractivity contribution in [3.05, 3.63) is 28.8 Å². The van der Waals surface area contributed by atoms with E-state index in [2.05, 4.69) is 40.3 Å². The van der Waals surface area contributed by atoms with Gasteiger partial charge in [-0.2, -0.15) is 0 Å². The Morgan fingerprint density at radius 2 is 1.61 bits per heavy atom. The third-order valence-electron chi connectivity index (χ3n) is 2.92. The first-order chi connectivity index (χ1) is 8.12. The molecule has 0 aliphatic heterocycles. The van der Waals surface area contributed by atoms with Gasteiger partial charge in [-0.1, -0.05) is 54.4 Å². The normalized spacial score (nSPS) is 13.3. The second-order valence-corrected chi connectivity index (χ2v) is 6.91. The Morgan fingerprint density at radius 1 is 1.17 bits per heavy atom. The minimum Gasteiger partial charge on any atom is -0.325 e. The first-order valence-corrected chi connectivity index (χ1v) is 7.07. The Morgan fingerprint density at radius 3 is 2.00 bits per heavy atom. The first kappa shape index (κ1) is 15.2. The third kappa shape index (κ3) is 3.58. The number of carbonyl (C=O) groups excluding carboxylic acids is 1. The molecule has 0 saturated carbocycles. The lowest BCUT2D eigenvalue weighted by Crippen LogP contribution is -2.34. The lowest BCUT2D eigenvalue weighted by atomic mass is 9.91. The largest absolute Gasteiger partial charge is 0.325 e. The molecule has 0 radical (unpaired) electrons. The van der Waals surface area contributed by atoms with Crippen LogP contribution in [0.1, 0.15) is 37.5 Å². The molecule has 0 heterocycles. The molecule has 1 atom stereocenters. The van der Waals surface area contributed by atoms with Crippen molar-refractivity contribution < 1.29 is 4.79 Å². The van der Waals surface area contributed by atoms with Crippen molar-refractivity contribution in [3.63, 3.8) is 0 Å². The highest BCUT2D eigenvalue weighted by Crippen LogP contribution is 2.29. The molecule has 0 bridgehead atoms. The molecular weight excluding hydrogens is 290 g/mol. The van der Waals surface area contributed by atoms with Crippen molar-refractivity contribution in [1.82, 2.24) is 0 Å². The number of hydrogen-bond acceptors (Lipinski definition) is 1. The Kier molecular flexibility index (Phi) is 4.60. The van der Waals surface area contributed by atoms with Crippen LogP contribution < -0.4 is 5.32 Å². The quantitative estimate of drug-likeness (QED) is 0.808. The zero-order valence-electron chi connectivity index (χ0n) is 12.0. The molecule has 2 nitrogen and oxygen atoms in total. The van der Waals surface area contributed by atoms with Crippen molar-refractivity contribution in [2.75, 3.05) is 5.32 Å². The van der Waals surface area contributed by atoms with Gasteiger partial charge in [0, 0.05) is 5.69 Å². The number of carbonyl (C=O) groups is 1. The summed E-state index contributed by atoms with van der Waals surface area (Å²) in [7, 11) is 0. The highest BCUT2D eigenvalue weighted by molar-refractivity contribution is 9.10. The highest BCUT2D eigenvalue weighted by Gasteiger charge is 2.29. The van der Waals surface area contributed by atoms with Crippen LogP contribution >= 0.6 is 15.9 Å². The fourth-order valence-corrected chi connectivity index (χ4v) is 2.07. The molecule has 0 aliphatic carbocycles. The van der Waals surface area contributed by atoms with Gasteiger partial charge in [0.25, 0.3) is 0 Å². The molecule has 1 aromatic rings. The Balaban J connectivity index is 2.96. The average Bonchev–Trinajstić information content (AvgIpc) is 2.20. The van der Waals surface area contributed by atoms with Crippen molar-refractivity contribution in [2.24, 2.45) is 5.41 Å². The maximum Gasteiger partial charge on any atom is 0.238 e. The van der Waals surface area contributed by atoms with Gasteiger partial charge in [0.1, 0.15) is 0 Å². The summed E-state index contributed by atoms with van der Waals surface area (Å²) in [5.74, 6) is 0.0116. The van der Waals surface area contributed by atoms with Crippen LogP contribution in [0.3, 0.4) is 0 Å². The molecule has 1 aromatic carbocycles. The van der Waals surface area contributed by atoms with Crippen molar-refractivity contribution in [1.29, 1.82) is 0 Å². The number of rotatable bonds is 2. The molecule has 0 saturated heterocycles. The van der Waals surface area contributed by atoms with Crippen LogP contribution in [-0.2, 0) is 4.79 Å². The van der Waals surface area contributed by atoms with E-state index in [1.807, 2.05) is 34.6 Å². The van der Waals surface area contributed by atoms with Gasteiger partial charge >= 0.3 is 0 Å². The molecule has 1 rings (SSSR count). The van der Waals surface area contributed by atoms with E-state index < -0.39 is 0 Å². The zero-order chi connectivity index (χ0) is 14.1. The summed E-state index contributed by atoms with van der Waals surface area (Å²) >= 11 is 3.47. The average molecular weight is 312 g/mol. The molecule has 0 unspecified atom stereocenters. The Hall–Kier alpha value is -0.830. The number of benzene rings is 1. The SMILES string of the molecule is Cc1cc(C)c(NC(=O)[C@@H](Br)C(C)(C)C)c(C)c1. The summed E-state index contributed by atoms with van der Waals surface area (Å²) in [5.41, 5.74) is 4.26. The summed E-state index contributed by atoms with van der Waals surface area (Å²) < 4.78 is 0. The molecule has 0 aromatic heterocycles. The summed E-state index contributed by atoms with van der Waals surface area (Å²) in [5, 5.41) is 3.03. The van der Waals surface area contributed by atoms with E-state index in [0.29, 0.717) is 0 Å². The monoisotopic (exact) mass is 311 g/mol. The van der Waals surface area contributed by atoms with Gasteiger partial charge in [0.2, 0.25) is 5.91 Å². The van der Waals surface area contributed by atoms with E-state index in [0.717, 1.165) is 16.8 Å². The molecule has 1 amide bonds. The van der Waals surface area contributed by atoms with Crippen molar-refractivity contribution in [3.8, 4) is 0 Å². The smallest absolute Gasteiger partial charge is 0.238 e. The predicted octanol–water partition coefficient (Wildman–Crippen LogP) is 4.36. The molecule has 0 aliphatic rings. The van der Waals surface area contributed by atoms with Crippen LogP contribution in [-0.4, -0.2) is 10.7 Å². The van der Waals surface area contributed by atoms with Crippen LogP contribution in [0.2, 0.25) is 0 Å². The topological polar surface area (TPSA) is 29.1 Å². The molecule has 1 N–H and O–H groups in total. The minimum absolute atomic E-state index is 0.0116. The van der Waals surface area contributed by atoms with Gasteiger partial charge in [-0.25, -0.2) is 0 Å². The van der Waals surface area contributed by atoms with Gasteiger partial charge in [0.15, 0.2) is 0 Å². The number of halogens is 1. The molecule has 0 fully saturated rings. The summed E-state index contributed by atoms with van der Waals surface area (Å²) in [6.07, 6.45) is 0. The van der Waals surface area contributed by atoms with Crippen LogP contribution in [0.15, 0.2) is 12.1 Å². The second kappa shape index (κ2) is 5.43. The number of hydrogen-bond donors (Lipinski definition) is 1. The summed E-state index contributed by atoms with van der Waals surface area (Å²) in [6.45, 7) is 12.2. The van der Waals surface area contributed by atoms with E-state index in [1.54, 1.807) is 0 Å². The van der Waals surface area contributed by atoms with Gasteiger partial charge in [-0.3, -0.25) is 4.79 Å². The predicted molar refractivity (Wildman–Crippen MR) is 81.5 cm³/mol. The van der Waals surface area contributed by atoms with Gasteiger partial charge in [-0.05, 0) is 37.3 Å². The number of nitrogens with one attached hydrogen (secondary N) is 1. The summed E-state index contributed by atoms with van der Waals surface area (Å²) in [4.78, 5) is 12.0. The summed E-state index contributed by atoms with van der Waals surface area (Å²) in [6, 6.07) is 4.17. The van der Waals surface area contributed by atoms with Crippen LogP contribution in [0.25, 0.3) is 0 Å². The van der Waals surface area contributed by atoms with E-state index in [4.69, 9.17) is 0 Å². The van der Waals surface area contributed by atoms with Crippen molar-refractivity contribution >= 4 is 27.5 Å². The second-order valence-electron chi connectivity index (χ2n) is 5.99. The van der Waals surface area contributed by atoms with E-state index in [-0.39, 0.29) is 16.1 Å². The standard InChI is InChI=1S/C15H22BrNO/c1-9-7-10(2)12(11(3)8-9)17-14(18)13(16)15(4,5)6/h7-8,13H,1-6H3,(H,17,18)/t13-/m1/s1. The molecule has 0 spiro atoms. The fourth-order valence-electron chi connectivity index (χ4n) is 1.96. The number of anilines is 1. The Labute approximate surface area is 118 Å². The zero-order valence-corrected chi connectivity index (χ0v) is 13.6. The lowest BCUT2D eigenvalue weighted by molar-refractivity contribution is -0.117. The van der Waals surface area contributed by atoms with E-state index >= 15 is 0 Å². The van der Waals surface area contributed by atoms with E-state index in [9.17, 15) is 4.79 Å². The first-order valence-electron chi connectivity index (χ1n) is 6.15.